The third kappa shape index (κ3) is 2.82. The first kappa shape index (κ1) is 13.1. The Hall–Kier alpha value is -1.88. The maximum Gasteiger partial charge on any atom is 0.148 e. The third-order valence-corrected chi connectivity index (χ3v) is 3.75. The van der Waals surface area contributed by atoms with Crippen molar-refractivity contribution >= 4 is 5.82 Å². The van der Waals surface area contributed by atoms with Crippen molar-refractivity contribution in [1.29, 1.82) is 0 Å². The summed E-state index contributed by atoms with van der Waals surface area (Å²) < 4.78 is 13.6. The molecule has 1 saturated heterocycles. The van der Waals surface area contributed by atoms with E-state index in [0.29, 0.717) is 11.6 Å². The number of aromatic amines is 1. The molecule has 106 valence electrons. The fourth-order valence-electron chi connectivity index (χ4n) is 2.48. The SMILES string of the molecule is Cc1ccc(-c2cc(NC3CCNCC3)n[nH]2)cc1F. The van der Waals surface area contributed by atoms with Crippen LogP contribution in [-0.2, 0) is 0 Å². The Morgan fingerprint density at radius 2 is 2.05 bits per heavy atom. The van der Waals surface area contributed by atoms with Gasteiger partial charge in [-0.15, -0.1) is 0 Å². The van der Waals surface area contributed by atoms with Gasteiger partial charge in [-0.3, -0.25) is 5.10 Å². The lowest BCUT2D eigenvalue weighted by molar-refractivity contribution is 0.478. The van der Waals surface area contributed by atoms with E-state index >= 15 is 0 Å². The first-order valence-corrected chi connectivity index (χ1v) is 7.01. The number of aryl methyl sites for hydroxylation is 1. The summed E-state index contributed by atoms with van der Waals surface area (Å²) >= 11 is 0. The molecule has 5 heteroatoms. The first-order chi connectivity index (χ1) is 9.72. The zero-order chi connectivity index (χ0) is 13.9. The Kier molecular flexibility index (Phi) is 3.69. The predicted molar refractivity (Wildman–Crippen MR) is 78.2 cm³/mol. The molecule has 0 saturated carbocycles. The normalized spacial score (nSPS) is 16.3. The van der Waals surface area contributed by atoms with E-state index in [1.807, 2.05) is 12.1 Å². The van der Waals surface area contributed by atoms with Gasteiger partial charge in [-0.1, -0.05) is 12.1 Å². The van der Waals surface area contributed by atoms with Gasteiger partial charge in [-0.05, 0) is 44.5 Å². The molecule has 4 nitrogen and oxygen atoms in total. The van der Waals surface area contributed by atoms with Gasteiger partial charge in [0.05, 0.1) is 5.69 Å². The van der Waals surface area contributed by atoms with Crippen molar-refractivity contribution in [1.82, 2.24) is 15.5 Å². The summed E-state index contributed by atoms with van der Waals surface area (Å²) in [6, 6.07) is 7.62. The lowest BCUT2D eigenvalue weighted by Gasteiger charge is -2.23. The maximum atomic E-state index is 13.6. The van der Waals surface area contributed by atoms with Crippen LogP contribution in [0, 0.1) is 12.7 Å². The van der Waals surface area contributed by atoms with Crippen molar-refractivity contribution in [3.05, 3.63) is 35.6 Å². The molecule has 0 unspecified atom stereocenters. The van der Waals surface area contributed by atoms with Gasteiger partial charge in [0.1, 0.15) is 11.6 Å². The number of H-pyrrole nitrogens is 1. The van der Waals surface area contributed by atoms with Crippen molar-refractivity contribution in [3.8, 4) is 11.3 Å². The van der Waals surface area contributed by atoms with Crippen LogP contribution in [0.1, 0.15) is 18.4 Å². The zero-order valence-corrected chi connectivity index (χ0v) is 11.5. The summed E-state index contributed by atoms with van der Waals surface area (Å²) in [6.45, 7) is 3.84. The van der Waals surface area contributed by atoms with Gasteiger partial charge < -0.3 is 10.6 Å². The van der Waals surface area contributed by atoms with Crippen LogP contribution in [0.3, 0.4) is 0 Å². The van der Waals surface area contributed by atoms with Crippen LogP contribution in [-0.4, -0.2) is 29.3 Å². The second-order valence-electron chi connectivity index (χ2n) is 5.30. The van der Waals surface area contributed by atoms with Gasteiger partial charge in [-0.2, -0.15) is 5.10 Å². The summed E-state index contributed by atoms with van der Waals surface area (Å²) in [5.41, 5.74) is 2.31. The number of nitrogens with one attached hydrogen (secondary N) is 3. The standard InChI is InChI=1S/C15H19FN4/c1-10-2-3-11(8-13(10)16)14-9-15(20-19-14)18-12-4-6-17-7-5-12/h2-3,8-9,12,17H,4-7H2,1H3,(H2,18,19,20). The average Bonchev–Trinajstić information content (AvgIpc) is 2.91. The summed E-state index contributed by atoms with van der Waals surface area (Å²) in [5, 5.41) is 14.0. The minimum atomic E-state index is -0.190. The van der Waals surface area contributed by atoms with Crippen LogP contribution in [0.25, 0.3) is 11.3 Å². The van der Waals surface area contributed by atoms with Gasteiger partial charge in [0.15, 0.2) is 0 Å². The molecule has 0 bridgehead atoms. The van der Waals surface area contributed by atoms with Crippen LogP contribution in [0.15, 0.2) is 24.3 Å². The Morgan fingerprint density at radius 3 is 2.80 bits per heavy atom. The first-order valence-electron chi connectivity index (χ1n) is 7.01. The molecule has 0 spiro atoms. The molecule has 1 fully saturated rings. The quantitative estimate of drug-likeness (QED) is 0.806. The average molecular weight is 274 g/mol. The molecule has 1 aliphatic heterocycles. The van der Waals surface area contributed by atoms with Crippen LogP contribution < -0.4 is 10.6 Å². The molecule has 0 amide bonds. The molecule has 3 rings (SSSR count). The highest BCUT2D eigenvalue weighted by atomic mass is 19.1. The number of aromatic nitrogens is 2. The summed E-state index contributed by atoms with van der Waals surface area (Å²) in [4.78, 5) is 0. The van der Waals surface area contributed by atoms with E-state index < -0.39 is 0 Å². The molecule has 20 heavy (non-hydrogen) atoms. The molecule has 1 aromatic heterocycles. The van der Waals surface area contributed by atoms with Gasteiger partial charge in [0.2, 0.25) is 0 Å². The summed E-state index contributed by atoms with van der Waals surface area (Å²) in [6.07, 6.45) is 2.20. The second kappa shape index (κ2) is 5.63. The number of halogens is 1. The van der Waals surface area contributed by atoms with Gasteiger partial charge >= 0.3 is 0 Å². The molecular formula is C15H19FN4. The van der Waals surface area contributed by atoms with Gasteiger partial charge in [-0.25, -0.2) is 4.39 Å². The number of rotatable bonds is 3. The largest absolute Gasteiger partial charge is 0.366 e. The Balaban J connectivity index is 1.73. The number of anilines is 1. The minimum absolute atomic E-state index is 0.190. The van der Waals surface area contributed by atoms with E-state index in [1.54, 1.807) is 13.0 Å². The molecule has 2 aromatic rings. The zero-order valence-electron chi connectivity index (χ0n) is 11.5. The van der Waals surface area contributed by atoms with Crippen LogP contribution in [0.4, 0.5) is 10.2 Å². The van der Waals surface area contributed by atoms with E-state index in [9.17, 15) is 4.39 Å². The lowest BCUT2D eigenvalue weighted by Crippen LogP contribution is -2.35. The van der Waals surface area contributed by atoms with Gasteiger partial charge in [0, 0.05) is 17.7 Å². The fourth-order valence-corrected chi connectivity index (χ4v) is 2.48. The Bertz CT molecular complexity index is 587. The van der Waals surface area contributed by atoms with Crippen LogP contribution >= 0.6 is 0 Å². The molecule has 1 aromatic carbocycles. The predicted octanol–water partition coefficient (Wildman–Crippen LogP) is 2.69. The molecule has 0 radical (unpaired) electrons. The van der Waals surface area contributed by atoms with Gasteiger partial charge in [0.25, 0.3) is 0 Å². The summed E-state index contributed by atoms with van der Waals surface area (Å²) in [7, 11) is 0. The number of hydrogen-bond acceptors (Lipinski definition) is 3. The fraction of sp³-hybridized carbons (Fsp3) is 0.400. The molecule has 0 atom stereocenters. The third-order valence-electron chi connectivity index (χ3n) is 3.75. The van der Waals surface area contributed by atoms with E-state index in [0.717, 1.165) is 43.0 Å². The summed E-state index contributed by atoms with van der Waals surface area (Å²) in [5.74, 6) is 0.637. The van der Waals surface area contributed by atoms with Crippen LogP contribution in [0.2, 0.25) is 0 Å². The molecular weight excluding hydrogens is 255 g/mol. The van der Waals surface area contributed by atoms with Crippen LogP contribution in [0.5, 0.6) is 0 Å². The molecule has 2 heterocycles. The smallest absolute Gasteiger partial charge is 0.148 e. The highest BCUT2D eigenvalue weighted by Gasteiger charge is 2.14. The van der Waals surface area contributed by atoms with Crippen molar-refractivity contribution in [3.63, 3.8) is 0 Å². The number of nitrogens with zero attached hydrogens (tertiary/aromatic N) is 1. The second-order valence-corrected chi connectivity index (χ2v) is 5.30. The Labute approximate surface area is 117 Å². The van der Waals surface area contributed by atoms with Crippen molar-refractivity contribution in [2.24, 2.45) is 0 Å². The van der Waals surface area contributed by atoms with E-state index in [1.165, 1.54) is 6.07 Å². The molecule has 1 aliphatic rings. The maximum absolute atomic E-state index is 13.6. The highest BCUT2D eigenvalue weighted by molar-refractivity contribution is 5.63. The highest BCUT2D eigenvalue weighted by Crippen LogP contribution is 2.22. The van der Waals surface area contributed by atoms with Crippen molar-refractivity contribution in [2.45, 2.75) is 25.8 Å². The van der Waals surface area contributed by atoms with E-state index in [2.05, 4.69) is 20.8 Å². The van der Waals surface area contributed by atoms with E-state index in [4.69, 9.17) is 0 Å². The van der Waals surface area contributed by atoms with E-state index in [-0.39, 0.29) is 5.82 Å². The lowest BCUT2D eigenvalue weighted by atomic mass is 10.1. The van der Waals surface area contributed by atoms with Crippen molar-refractivity contribution < 1.29 is 4.39 Å². The number of hydrogen-bond donors (Lipinski definition) is 3. The topological polar surface area (TPSA) is 52.7 Å². The molecule has 3 N–H and O–H groups in total. The Morgan fingerprint density at radius 1 is 1.25 bits per heavy atom. The van der Waals surface area contributed by atoms with Crippen molar-refractivity contribution in [2.75, 3.05) is 18.4 Å². The minimum Gasteiger partial charge on any atom is -0.366 e. The number of piperidine rings is 1. The number of benzene rings is 1. The monoisotopic (exact) mass is 274 g/mol. The molecule has 0 aliphatic carbocycles.